The molecule has 2 heterocycles. The van der Waals surface area contributed by atoms with E-state index in [2.05, 4.69) is 26.7 Å². The second kappa shape index (κ2) is 5.76. The molecule has 2 aromatic heterocycles. The van der Waals surface area contributed by atoms with Gasteiger partial charge in [0, 0.05) is 18.1 Å². The number of thiophene rings is 1. The maximum atomic E-state index is 5.82. The summed E-state index contributed by atoms with van der Waals surface area (Å²) < 4.78 is 5.07. The number of nitrogens with two attached hydrogens (primary N) is 1. The van der Waals surface area contributed by atoms with E-state index >= 15 is 0 Å². The van der Waals surface area contributed by atoms with Gasteiger partial charge in [-0.15, -0.1) is 11.3 Å². The molecule has 0 bridgehead atoms. The van der Waals surface area contributed by atoms with E-state index < -0.39 is 0 Å². The van der Waals surface area contributed by atoms with Crippen molar-refractivity contribution in [1.29, 1.82) is 0 Å². The quantitative estimate of drug-likeness (QED) is 0.905. The molecule has 5 nitrogen and oxygen atoms in total. The van der Waals surface area contributed by atoms with Crippen LogP contribution in [-0.4, -0.2) is 17.1 Å². The molecular formula is C14H18N4OS. The predicted molar refractivity (Wildman–Crippen MR) is 80.8 cm³/mol. The number of ether oxygens (including phenoxy) is 1. The van der Waals surface area contributed by atoms with Crippen molar-refractivity contribution in [3.63, 3.8) is 0 Å². The van der Waals surface area contributed by atoms with Crippen LogP contribution in [0.4, 0.5) is 11.6 Å². The van der Waals surface area contributed by atoms with Crippen molar-refractivity contribution in [2.24, 2.45) is 0 Å². The van der Waals surface area contributed by atoms with Crippen LogP contribution in [0.25, 0.3) is 0 Å². The Labute approximate surface area is 122 Å². The van der Waals surface area contributed by atoms with Gasteiger partial charge in [-0.05, 0) is 36.3 Å². The van der Waals surface area contributed by atoms with Crippen LogP contribution >= 0.6 is 11.3 Å². The molecular weight excluding hydrogens is 272 g/mol. The minimum absolute atomic E-state index is 0.315. The largest absolute Gasteiger partial charge is 0.384 e. The molecule has 1 unspecified atom stereocenters. The third-order valence-corrected chi connectivity index (χ3v) is 4.44. The summed E-state index contributed by atoms with van der Waals surface area (Å²) in [7, 11) is 1.62. The number of hydrogen-bond donors (Lipinski definition) is 2. The molecule has 0 fully saturated rings. The van der Waals surface area contributed by atoms with Crippen LogP contribution in [0.2, 0.25) is 0 Å². The lowest BCUT2D eigenvalue weighted by molar-refractivity contribution is 0.178. The maximum absolute atomic E-state index is 5.82. The van der Waals surface area contributed by atoms with Gasteiger partial charge in [0.25, 0.3) is 0 Å². The van der Waals surface area contributed by atoms with Crippen LogP contribution in [-0.2, 0) is 17.8 Å². The number of aryl methyl sites for hydroxylation is 1. The van der Waals surface area contributed by atoms with Crippen LogP contribution in [0.5, 0.6) is 0 Å². The fraction of sp³-hybridized carbons (Fsp3) is 0.429. The summed E-state index contributed by atoms with van der Waals surface area (Å²) in [5.41, 5.74) is 7.22. The average Bonchev–Trinajstić information content (AvgIpc) is 2.88. The van der Waals surface area contributed by atoms with Crippen LogP contribution in [0.15, 0.2) is 17.5 Å². The highest BCUT2D eigenvalue weighted by Crippen LogP contribution is 2.35. The number of fused-ring (bicyclic) bond motifs is 1. The molecule has 0 saturated heterocycles. The van der Waals surface area contributed by atoms with E-state index in [1.54, 1.807) is 13.2 Å². The Morgan fingerprint density at radius 1 is 1.50 bits per heavy atom. The zero-order valence-electron chi connectivity index (χ0n) is 11.4. The molecule has 2 aromatic rings. The highest BCUT2D eigenvalue weighted by atomic mass is 32.1. The Balaban J connectivity index is 1.82. The molecule has 3 N–H and O–H groups in total. The minimum Gasteiger partial charge on any atom is -0.384 e. The fourth-order valence-electron chi connectivity index (χ4n) is 2.60. The highest BCUT2D eigenvalue weighted by molar-refractivity contribution is 7.10. The number of aromatic nitrogens is 2. The molecule has 0 amide bonds. The second-order valence-electron chi connectivity index (χ2n) is 4.92. The summed E-state index contributed by atoms with van der Waals surface area (Å²) in [4.78, 5) is 10.1. The molecule has 0 aliphatic heterocycles. The molecule has 0 spiro atoms. The van der Waals surface area contributed by atoms with Gasteiger partial charge in [-0.2, -0.15) is 0 Å². The van der Waals surface area contributed by atoms with Crippen LogP contribution in [0, 0.1) is 0 Å². The molecule has 0 aromatic carbocycles. The molecule has 106 valence electrons. The van der Waals surface area contributed by atoms with Crippen LogP contribution < -0.4 is 11.1 Å². The van der Waals surface area contributed by atoms with Crippen LogP contribution in [0.1, 0.15) is 35.1 Å². The third kappa shape index (κ3) is 2.76. The van der Waals surface area contributed by atoms with Gasteiger partial charge >= 0.3 is 0 Å². The predicted octanol–water partition coefficient (Wildman–Crippen LogP) is 2.76. The Kier molecular flexibility index (Phi) is 3.84. The lowest BCUT2D eigenvalue weighted by Crippen LogP contribution is -2.17. The van der Waals surface area contributed by atoms with Gasteiger partial charge in [-0.1, -0.05) is 0 Å². The average molecular weight is 290 g/mol. The minimum atomic E-state index is 0.315. The topological polar surface area (TPSA) is 73.1 Å². The number of methoxy groups -OCH3 is 1. The van der Waals surface area contributed by atoms with E-state index in [1.165, 1.54) is 23.3 Å². The lowest BCUT2D eigenvalue weighted by Gasteiger charge is -2.24. The van der Waals surface area contributed by atoms with E-state index in [-0.39, 0.29) is 0 Å². The maximum Gasteiger partial charge on any atom is 0.158 e. The first kappa shape index (κ1) is 13.3. The van der Waals surface area contributed by atoms with Gasteiger partial charge in [0.05, 0.1) is 6.04 Å². The summed E-state index contributed by atoms with van der Waals surface area (Å²) in [6.07, 6.45) is 3.51. The van der Waals surface area contributed by atoms with Crippen molar-refractivity contribution in [1.82, 2.24) is 9.97 Å². The SMILES string of the molecule is COCc1nc(N)cc(NC2CCCc3sccc32)n1. The van der Waals surface area contributed by atoms with Gasteiger partial charge in [-0.25, -0.2) is 9.97 Å². The first-order valence-corrected chi connectivity index (χ1v) is 7.59. The van der Waals surface area contributed by atoms with Gasteiger partial charge in [0.1, 0.15) is 18.2 Å². The molecule has 0 radical (unpaired) electrons. The summed E-state index contributed by atoms with van der Waals surface area (Å²) >= 11 is 1.84. The first-order chi connectivity index (χ1) is 9.76. The van der Waals surface area contributed by atoms with E-state index in [0.717, 1.165) is 12.2 Å². The molecule has 1 aliphatic rings. The zero-order chi connectivity index (χ0) is 13.9. The molecule has 3 rings (SSSR count). The van der Waals surface area contributed by atoms with E-state index in [9.17, 15) is 0 Å². The van der Waals surface area contributed by atoms with Gasteiger partial charge < -0.3 is 15.8 Å². The number of nitrogens with one attached hydrogen (secondary N) is 1. The molecule has 0 saturated carbocycles. The smallest absolute Gasteiger partial charge is 0.158 e. The Morgan fingerprint density at radius 2 is 2.40 bits per heavy atom. The fourth-order valence-corrected chi connectivity index (χ4v) is 3.59. The molecule has 20 heavy (non-hydrogen) atoms. The number of nitrogen functional groups attached to an aromatic ring is 1. The summed E-state index contributed by atoms with van der Waals surface area (Å²) in [6, 6.07) is 4.30. The number of anilines is 2. The van der Waals surface area contributed by atoms with Crippen molar-refractivity contribution < 1.29 is 4.74 Å². The van der Waals surface area contributed by atoms with Crippen molar-refractivity contribution in [2.75, 3.05) is 18.2 Å². The Hall–Kier alpha value is -1.66. The van der Waals surface area contributed by atoms with E-state index in [4.69, 9.17) is 10.5 Å². The molecule has 1 aliphatic carbocycles. The van der Waals surface area contributed by atoms with Crippen molar-refractivity contribution >= 4 is 23.0 Å². The molecule has 1 atom stereocenters. The standard InChI is InChI=1S/C14H18N4OS/c1-19-8-14-17-12(15)7-13(18-14)16-10-3-2-4-11-9(10)5-6-20-11/h5-7,10H,2-4,8H2,1H3,(H3,15,16,17,18). The normalized spacial score (nSPS) is 17.8. The molecule has 6 heteroatoms. The highest BCUT2D eigenvalue weighted by Gasteiger charge is 2.21. The third-order valence-electron chi connectivity index (χ3n) is 3.44. The van der Waals surface area contributed by atoms with Crippen molar-refractivity contribution in [2.45, 2.75) is 31.9 Å². The summed E-state index contributed by atoms with van der Waals surface area (Å²) in [6.45, 7) is 0.369. The lowest BCUT2D eigenvalue weighted by atomic mass is 9.94. The summed E-state index contributed by atoms with van der Waals surface area (Å²) in [5, 5.41) is 5.64. The first-order valence-electron chi connectivity index (χ1n) is 6.71. The Morgan fingerprint density at radius 3 is 3.25 bits per heavy atom. The van der Waals surface area contributed by atoms with Crippen molar-refractivity contribution in [3.05, 3.63) is 33.8 Å². The van der Waals surface area contributed by atoms with Crippen molar-refractivity contribution in [3.8, 4) is 0 Å². The number of rotatable bonds is 4. The Bertz CT molecular complexity index is 599. The summed E-state index contributed by atoms with van der Waals surface area (Å²) in [5.74, 6) is 1.85. The monoisotopic (exact) mass is 290 g/mol. The number of nitrogens with zero attached hydrogens (tertiary/aromatic N) is 2. The van der Waals surface area contributed by atoms with Gasteiger partial charge in [-0.3, -0.25) is 0 Å². The van der Waals surface area contributed by atoms with E-state index in [1.807, 2.05) is 11.3 Å². The van der Waals surface area contributed by atoms with Gasteiger partial charge in [0.15, 0.2) is 5.82 Å². The van der Waals surface area contributed by atoms with Crippen LogP contribution in [0.3, 0.4) is 0 Å². The van der Waals surface area contributed by atoms with E-state index in [0.29, 0.717) is 24.3 Å². The van der Waals surface area contributed by atoms with Gasteiger partial charge in [0.2, 0.25) is 0 Å². The second-order valence-corrected chi connectivity index (χ2v) is 5.92. The number of hydrogen-bond acceptors (Lipinski definition) is 6. The zero-order valence-corrected chi connectivity index (χ0v) is 12.2.